The number of nitro benzene ring substituents is 1. The highest BCUT2D eigenvalue weighted by atomic mass is 16.6. The van der Waals surface area contributed by atoms with Crippen LogP contribution in [-0.4, -0.2) is 47.9 Å². The molecule has 8 nitrogen and oxygen atoms in total. The zero-order chi connectivity index (χ0) is 18.1. The molecule has 0 aliphatic carbocycles. The van der Waals surface area contributed by atoms with E-state index in [1.807, 2.05) is 4.90 Å². The van der Waals surface area contributed by atoms with Gasteiger partial charge in [0.25, 0.3) is 11.6 Å². The van der Waals surface area contributed by atoms with Crippen molar-refractivity contribution in [1.29, 1.82) is 0 Å². The Bertz CT molecular complexity index is 603. The predicted octanol–water partition coefficient (Wildman–Crippen LogP) is 1.88. The van der Waals surface area contributed by atoms with Crippen molar-refractivity contribution in [2.75, 3.05) is 26.2 Å². The van der Waals surface area contributed by atoms with E-state index in [0.717, 1.165) is 25.8 Å². The van der Waals surface area contributed by atoms with Crippen molar-refractivity contribution in [1.82, 2.24) is 10.2 Å². The van der Waals surface area contributed by atoms with Crippen LogP contribution in [0.5, 0.6) is 5.75 Å². The minimum absolute atomic E-state index is 0.0279. The second-order valence-corrected chi connectivity index (χ2v) is 5.93. The summed E-state index contributed by atoms with van der Waals surface area (Å²) in [6.45, 7) is 1.78. The zero-order valence-corrected chi connectivity index (χ0v) is 14.1. The highest BCUT2D eigenvalue weighted by molar-refractivity contribution is 5.77. The molecule has 1 aliphatic rings. The molecule has 1 saturated heterocycles. The Labute approximate surface area is 146 Å². The molecule has 136 valence electrons. The number of nitrogens with zero attached hydrogens (tertiary/aromatic N) is 2. The van der Waals surface area contributed by atoms with Crippen molar-refractivity contribution < 1.29 is 19.2 Å². The molecular weight excluding hydrogens is 326 g/mol. The summed E-state index contributed by atoms with van der Waals surface area (Å²) in [5.41, 5.74) is -0.0279. The summed E-state index contributed by atoms with van der Waals surface area (Å²) >= 11 is 0. The number of rotatable bonds is 8. The van der Waals surface area contributed by atoms with Gasteiger partial charge in [-0.2, -0.15) is 0 Å². The zero-order valence-electron chi connectivity index (χ0n) is 14.1. The first kappa shape index (κ1) is 18.7. The molecule has 0 saturated carbocycles. The lowest BCUT2D eigenvalue weighted by Crippen LogP contribution is -2.35. The second kappa shape index (κ2) is 9.61. The number of hydrogen-bond acceptors (Lipinski definition) is 5. The highest BCUT2D eigenvalue weighted by Gasteiger charge is 2.15. The van der Waals surface area contributed by atoms with Gasteiger partial charge in [0, 0.05) is 38.2 Å². The number of likely N-dealkylation sites (tertiary alicyclic amines) is 1. The summed E-state index contributed by atoms with van der Waals surface area (Å²) in [7, 11) is 0. The molecule has 1 N–H and O–H groups in total. The Morgan fingerprint density at radius 3 is 2.72 bits per heavy atom. The average molecular weight is 349 g/mol. The van der Waals surface area contributed by atoms with Crippen LogP contribution in [0, 0.1) is 10.1 Å². The van der Waals surface area contributed by atoms with Crippen LogP contribution in [0.3, 0.4) is 0 Å². The molecule has 0 spiro atoms. The molecule has 0 unspecified atom stereocenters. The molecular formula is C17H23N3O5. The number of amides is 2. The second-order valence-electron chi connectivity index (χ2n) is 5.93. The van der Waals surface area contributed by atoms with E-state index in [4.69, 9.17) is 4.74 Å². The summed E-state index contributed by atoms with van der Waals surface area (Å²) < 4.78 is 5.28. The van der Waals surface area contributed by atoms with E-state index in [9.17, 15) is 19.7 Å². The molecule has 1 aliphatic heterocycles. The number of carbonyl (C=O) groups excluding carboxylic acids is 2. The molecule has 25 heavy (non-hydrogen) atoms. The van der Waals surface area contributed by atoms with Crippen LogP contribution < -0.4 is 10.1 Å². The first-order valence-corrected chi connectivity index (χ1v) is 8.48. The fourth-order valence-corrected chi connectivity index (χ4v) is 2.64. The average Bonchev–Trinajstić information content (AvgIpc) is 2.81. The lowest BCUT2D eigenvalue weighted by atomic mass is 10.2. The molecule has 1 aromatic carbocycles. The normalized spacial score (nSPS) is 14.7. The first-order chi connectivity index (χ1) is 12.1. The van der Waals surface area contributed by atoms with Crippen LogP contribution >= 0.6 is 0 Å². The fourth-order valence-electron chi connectivity index (χ4n) is 2.64. The number of ether oxygens (including phenoxy) is 1. The van der Waals surface area contributed by atoms with Gasteiger partial charge >= 0.3 is 0 Å². The quantitative estimate of drug-likeness (QED) is 0.439. The molecule has 1 aromatic rings. The Hall–Kier alpha value is -2.64. The number of benzene rings is 1. The van der Waals surface area contributed by atoms with Crippen LogP contribution in [0.2, 0.25) is 0 Å². The van der Waals surface area contributed by atoms with E-state index in [2.05, 4.69) is 5.32 Å². The van der Waals surface area contributed by atoms with Crippen molar-refractivity contribution >= 4 is 17.5 Å². The van der Waals surface area contributed by atoms with Crippen molar-refractivity contribution in [3.63, 3.8) is 0 Å². The van der Waals surface area contributed by atoms with Gasteiger partial charge in [-0.3, -0.25) is 19.7 Å². The van der Waals surface area contributed by atoms with E-state index < -0.39 is 4.92 Å². The molecule has 1 fully saturated rings. The first-order valence-electron chi connectivity index (χ1n) is 8.48. The van der Waals surface area contributed by atoms with Gasteiger partial charge in [0.1, 0.15) is 5.75 Å². The number of carbonyl (C=O) groups is 2. The lowest BCUT2D eigenvalue weighted by molar-refractivity contribution is -0.384. The third kappa shape index (κ3) is 6.40. The Kier molecular flexibility index (Phi) is 7.18. The molecule has 0 aromatic heterocycles. The minimum atomic E-state index is -0.495. The van der Waals surface area contributed by atoms with Crippen molar-refractivity contribution in [2.24, 2.45) is 0 Å². The van der Waals surface area contributed by atoms with Gasteiger partial charge in [-0.1, -0.05) is 6.42 Å². The number of non-ortho nitro benzene ring substituents is 1. The number of nitro groups is 1. The summed E-state index contributed by atoms with van der Waals surface area (Å²) in [6, 6.07) is 5.56. The van der Waals surface area contributed by atoms with Gasteiger partial charge < -0.3 is 15.0 Å². The van der Waals surface area contributed by atoms with Gasteiger partial charge in [-0.25, -0.2) is 0 Å². The third-order valence-corrected chi connectivity index (χ3v) is 4.02. The van der Waals surface area contributed by atoms with Crippen molar-refractivity contribution in [3.8, 4) is 5.75 Å². The van der Waals surface area contributed by atoms with Gasteiger partial charge in [-0.15, -0.1) is 0 Å². The summed E-state index contributed by atoms with van der Waals surface area (Å²) in [5.74, 6) is 0.335. The Morgan fingerprint density at radius 2 is 2.00 bits per heavy atom. The topological polar surface area (TPSA) is 102 Å². The highest BCUT2D eigenvalue weighted by Crippen LogP contribution is 2.17. The molecule has 0 bridgehead atoms. The third-order valence-electron chi connectivity index (χ3n) is 4.02. The van der Waals surface area contributed by atoms with Gasteiger partial charge in [0.15, 0.2) is 6.61 Å². The van der Waals surface area contributed by atoms with E-state index >= 15 is 0 Å². The summed E-state index contributed by atoms with van der Waals surface area (Å²) in [5, 5.41) is 13.3. The van der Waals surface area contributed by atoms with Gasteiger partial charge in [-0.05, 0) is 31.4 Å². The molecule has 1 heterocycles. The molecule has 0 radical (unpaired) electrons. The van der Waals surface area contributed by atoms with E-state index in [1.54, 1.807) is 0 Å². The molecule has 2 amide bonds. The van der Waals surface area contributed by atoms with Crippen LogP contribution in [0.1, 0.15) is 32.1 Å². The Morgan fingerprint density at radius 1 is 1.24 bits per heavy atom. The molecule has 0 atom stereocenters. The lowest BCUT2D eigenvalue weighted by Gasteiger charge is -2.20. The maximum atomic E-state index is 11.8. The predicted molar refractivity (Wildman–Crippen MR) is 91.3 cm³/mol. The van der Waals surface area contributed by atoms with Crippen LogP contribution in [-0.2, 0) is 9.59 Å². The fraction of sp³-hybridized carbons (Fsp3) is 0.529. The van der Waals surface area contributed by atoms with Gasteiger partial charge in [0.2, 0.25) is 5.91 Å². The van der Waals surface area contributed by atoms with Crippen molar-refractivity contribution in [2.45, 2.75) is 32.1 Å². The monoisotopic (exact) mass is 349 g/mol. The maximum absolute atomic E-state index is 11.8. The van der Waals surface area contributed by atoms with Gasteiger partial charge in [0.05, 0.1) is 4.92 Å². The Balaban J connectivity index is 1.62. The van der Waals surface area contributed by atoms with E-state index in [1.165, 1.54) is 24.3 Å². The number of hydrogen-bond donors (Lipinski definition) is 1. The summed E-state index contributed by atoms with van der Waals surface area (Å²) in [6.07, 6.45) is 4.43. The van der Waals surface area contributed by atoms with E-state index in [0.29, 0.717) is 31.7 Å². The van der Waals surface area contributed by atoms with Crippen LogP contribution in [0.25, 0.3) is 0 Å². The van der Waals surface area contributed by atoms with Crippen LogP contribution in [0.15, 0.2) is 24.3 Å². The maximum Gasteiger partial charge on any atom is 0.269 e. The van der Waals surface area contributed by atoms with Crippen LogP contribution in [0.4, 0.5) is 5.69 Å². The largest absolute Gasteiger partial charge is 0.484 e. The SMILES string of the molecule is O=C(COc1ccc([N+](=O)[O-])cc1)NCCCN1CCCCCC1=O. The summed E-state index contributed by atoms with van der Waals surface area (Å²) in [4.78, 5) is 35.5. The standard InChI is InChI=1S/C17H23N3O5/c21-16(13-25-15-8-6-14(7-9-15)20(23)24)18-10-4-12-19-11-3-1-2-5-17(19)22/h6-9H,1-5,10-13H2,(H,18,21). The van der Waals surface area contributed by atoms with E-state index in [-0.39, 0.29) is 24.1 Å². The van der Waals surface area contributed by atoms with Crippen molar-refractivity contribution in [3.05, 3.63) is 34.4 Å². The number of nitrogens with one attached hydrogen (secondary N) is 1. The molecule has 2 rings (SSSR count). The smallest absolute Gasteiger partial charge is 0.269 e. The minimum Gasteiger partial charge on any atom is -0.484 e. The molecule has 8 heteroatoms.